The molecular formula is C28H34N2O. The van der Waals surface area contributed by atoms with E-state index in [1.54, 1.807) is 6.20 Å². The number of amides is 1. The molecule has 2 N–H and O–H groups in total. The lowest BCUT2D eigenvalue weighted by atomic mass is 9.76. The average Bonchev–Trinajstić information content (AvgIpc) is 2.68. The van der Waals surface area contributed by atoms with E-state index in [9.17, 15) is 4.79 Å². The fraction of sp³-hybridized carbons (Fsp3) is 0.357. The number of pyridine rings is 1. The van der Waals surface area contributed by atoms with Crippen LogP contribution in [0.25, 0.3) is 0 Å². The predicted molar refractivity (Wildman–Crippen MR) is 128 cm³/mol. The summed E-state index contributed by atoms with van der Waals surface area (Å²) in [5.41, 5.74) is 14.6. The highest BCUT2D eigenvalue weighted by Crippen LogP contribution is 2.35. The van der Waals surface area contributed by atoms with E-state index < -0.39 is 0 Å². The lowest BCUT2D eigenvalue weighted by Crippen LogP contribution is -2.24. The highest BCUT2D eigenvalue weighted by Gasteiger charge is 2.26. The van der Waals surface area contributed by atoms with Crippen LogP contribution in [0.4, 0.5) is 0 Å². The maximum absolute atomic E-state index is 12.1. The Balaban J connectivity index is 1.94. The smallest absolute Gasteiger partial charge is 0.217 e. The first kappa shape index (κ1) is 22.7. The van der Waals surface area contributed by atoms with Crippen molar-refractivity contribution in [1.82, 2.24) is 4.98 Å². The number of aryl methyl sites for hydroxylation is 5. The third-order valence-corrected chi connectivity index (χ3v) is 5.97. The van der Waals surface area contributed by atoms with Gasteiger partial charge in [0.2, 0.25) is 5.91 Å². The molecule has 3 heteroatoms. The van der Waals surface area contributed by atoms with Gasteiger partial charge in [-0.05, 0) is 81.5 Å². The van der Waals surface area contributed by atoms with E-state index >= 15 is 0 Å². The maximum atomic E-state index is 12.1. The van der Waals surface area contributed by atoms with Crippen LogP contribution in [0.2, 0.25) is 0 Å². The molecule has 0 aliphatic carbocycles. The summed E-state index contributed by atoms with van der Waals surface area (Å²) < 4.78 is 0. The first-order valence-electron chi connectivity index (χ1n) is 11.1. The van der Waals surface area contributed by atoms with E-state index in [1.807, 2.05) is 12.3 Å². The molecule has 2 aromatic carbocycles. The summed E-state index contributed by atoms with van der Waals surface area (Å²) >= 11 is 0. The molecule has 0 fully saturated rings. The van der Waals surface area contributed by atoms with Gasteiger partial charge in [-0.3, -0.25) is 9.78 Å². The van der Waals surface area contributed by atoms with Gasteiger partial charge in [-0.2, -0.15) is 0 Å². The number of carbonyl (C=O) groups excluding carboxylic acids is 1. The molecule has 3 aromatic rings. The number of primary amides is 1. The molecule has 1 aromatic heterocycles. The number of rotatable bonds is 9. The normalized spacial score (nSPS) is 13.0. The molecule has 2 unspecified atom stereocenters. The zero-order valence-electron chi connectivity index (χ0n) is 19.2. The third kappa shape index (κ3) is 6.78. The zero-order chi connectivity index (χ0) is 22.4. The van der Waals surface area contributed by atoms with Crippen molar-refractivity contribution in [3.05, 3.63) is 99.9 Å². The van der Waals surface area contributed by atoms with Crippen LogP contribution in [0.15, 0.2) is 60.9 Å². The Morgan fingerprint density at radius 2 is 1.52 bits per heavy atom. The van der Waals surface area contributed by atoms with Crippen molar-refractivity contribution < 1.29 is 4.79 Å². The predicted octanol–water partition coefficient (Wildman–Crippen LogP) is 5.77. The molecule has 0 spiro atoms. The van der Waals surface area contributed by atoms with Gasteiger partial charge in [0.25, 0.3) is 0 Å². The van der Waals surface area contributed by atoms with Gasteiger partial charge in [0.1, 0.15) is 0 Å². The van der Waals surface area contributed by atoms with Crippen LogP contribution in [-0.4, -0.2) is 10.9 Å². The minimum Gasteiger partial charge on any atom is -0.370 e. The Morgan fingerprint density at radius 1 is 0.903 bits per heavy atom. The SMILES string of the molecule is Cc1cc(C)cc(CCC(CC(N)=O)C(Cc2cccnc2)c2cc(C)cc(C)c2)c1. The van der Waals surface area contributed by atoms with Crippen LogP contribution in [0.1, 0.15) is 57.7 Å². The summed E-state index contributed by atoms with van der Waals surface area (Å²) in [6, 6.07) is 17.5. The molecule has 3 nitrogen and oxygen atoms in total. The monoisotopic (exact) mass is 414 g/mol. The quantitative estimate of drug-likeness (QED) is 0.483. The van der Waals surface area contributed by atoms with Crippen molar-refractivity contribution in [1.29, 1.82) is 0 Å². The largest absolute Gasteiger partial charge is 0.370 e. The number of hydrogen-bond donors (Lipinski definition) is 1. The van der Waals surface area contributed by atoms with Crippen LogP contribution in [0.5, 0.6) is 0 Å². The number of hydrogen-bond acceptors (Lipinski definition) is 2. The number of nitrogens with two attached hydrogens (primary N) is 1. The van der Waals surface area contributed by atoms with Gasteiger partial charge < -0.3 is 5.73 Å². The highest BCUT2D eigenvalue weighted by atomic mass is 16.1. The molecule has 0 saturated heterocycles. The number of carbonyl (C=O) groups is 1. The summed E-state index contributed by atoms with van der Waals surface area (Å²) in [5, 5.41) is 0. The molecule has 1 heterocycles. The van der Waals surface area contributed by atoms with Crippen LogP contribution < -0.4 is 5.73 Å². The summed E-state index contributed by atoms with van der Waals surface area (Å²) in [6.45, 7) is 8.54. The third-order valence-electron chi connectivity index (χ3n) is 5.97. The molecule has 0 bridgehead atoms. The minimum atomic E-state index is -0.231. The Labute approximate surface area is 186 Å². The van der Waals surface area contributed by atoms with Crippen molar-refractivity contribution in [2.45, 2.75) is 59.3 Å². The van der Waals surface area contributed by atoms with Gasteiger partial charge in [0, 0.05) is 18.8 Å². The van der Waals surface area contributed by atoms with E-state index in [4.69, 9.17) is 5.73 Å². The van der Waals surface area contributed by atoms with Gasteiger partial charge in [-0.25, -0.2) is 0 Å². The second-order valence-corrected chi connectivity index (χ2v) is 9.06. The van der Waals surface area contributed by atoms with E-state index in [1.165, 1.54) is 38.9 Å². The Hall–Kier alpha value is -2.94. The summed E-state index contributed by atoms with van der Waals surface area (Å²) in [5.74, 6) is 0.145. The van der Waals surface area contributed by atoms with Gasteiger partial charge in [0.05, 0.1) is 0 Å². The molecule has 162 valence electrons. The van der Waals surface area contributed by atoms with Crippen LogP contribution in [0.3, 0.4) is 0 Å². The number of aromatic nitrogens is 1. The van der Waals surface area contributed by atoms with Gasteiger partial charge >= 0.3 is 0 Å². The van der Waals surface area contributed by atoms with Crippen LogP contribution >= 0.6 is 0 Å². The van der Waals surface area contributed by atoms with Crippen LogP contribution in [-0.2, 0) is 17.6 Å². The van der Waals surface area contributed by atoms with E-state index in [0.29, 0.717) is 6.42 Å². The van der Waals surface area contributed by atoms with Gasteiger partial charge in [-0.15, -0.1) is 0 Å². The summed E-state index contributed by atoms with van der Waals surface area (Å²) in [7, 11) is 0. The average molecular weight is 415 g/mol. The fourth-order valence-corrected chi connectivity index (χ4v) is 4.82. The minimum absolute atomic E-state index is 0.166. The summed E-state index contributed by atoms with van der Waals surface area (Å²) in [6.07, 6.45) is 6.83. The zero-order valence-corrected chi connectivity index (χ0v) is 19.2. The second-order valence-electron chi connectivity index (χ2n) is 9.06. The Bertz CT molecular complexity index is 986. The number of nitrogens with zero attached hydrogens (tertiary/aromatic N) is 1. The number of benzene rings is 2. The Kier molecular flexibility index (Phi) is 7.62. The Morgan fingerprint density at radius 3 is 2.06 bits per heavy atom. The van der Waals surface area contributed by atoms with Crippen molar-refractivity contribution in [2.75, 3.05) is 0 Å². The molecule has 3 rings (SSSR count). The highest BCUT2D eigenvalue weighted by molar-refractivity contribution is 5.74. The molecule has 0 radical (unpaired) electrons. The molecule has 31 heavy (non-hydrogen) atoms. The lowest BCUT2D eigenvalue weighted by Gasteiger charge is -2.28. The molecule has 0 saturated carbocycles. The van der Waals surface area contributed by atoms with E-state index in [-0.39, 0.29) is 17.7 Å². The van der Waals surface area contributed by atoms with Crippen molar-refractivity contribution >= 4 is 5.91 Å². The second kappa shape index (κ2) is 10.4. The standard InChI is InChI=1S/C28H34N2O/c1-19-10-20(2)13-23(12-19)7-8-25(17-28(29)31)27(16-24-6-5-9-30-18-24)26-14-21(3)11-22(4)15-26/h5-6,9-15,18,25,27H,7-8,16-17H2,1-4H3,(H2,29,31). The van der Waals surface area contributed by atoms with Crippen LogP contribution in [0, 0.1) is 33.6 Å². The van der Waals surface area contributed by atoms with Crippen molar-refractivity contribution in [3.63, 3.8) is 0 Å². The summed E-state index contributed by atoms with van der Waals surface area (Å²) in [4.78, 5) is 16.4. The van der Waals surface area contributed by atoms with E-state index in [2.05, 4.69) is 75.1 Å². The molecule has 1 amide bonds. The first-order valence-corrected chi connectivity index (χ1v) is 11.1. The van der Waals surface area contributed by atoms with E-state index in [0.717, 1.165) is 19.3 Å². The first-order chi connectivity index (χ1) is 14.8. The lowest BCUT2D eigenvalue weighted by molar-refractivity contribution is -0.119. The van der Waals surface area contributed by atoms with Gasteiger partial charge in [-0.1, -0.05) is 64.7 Å². The maximum Gasteiger partial charge on any atom is 0.217 e. The molecule has 0 aliphatic heterocycles. The van der Waals surface area contributed by atoms with Crippen molar-refractivity contribution in [2.24, 2.45) is 11.7 Å². The van der Waals surface area contributed by atoms with Crippen molar-refractivity contribution in [3.8, 4) is 0 Å². The fourth-order valence-electron chi connectivity index (χ4n) is 4.82. The molecule has 2 atom stereocenters. The van der Waals surface area contributed by atoms with Gasteiger partial charge in [0.15, 0.2) is 0 Å². The topological polar surface area (TPSA) is 56.0 Å². The molecular weight excluding hydrogens is 380 g/mol. The molecule has 0 aliphatic rings.